The van der Waals surface area contributed by atoms with Gasteiger partial charge in [0.25, 0.3) is 0 Å². The van der Waals surface area contributed by atoms with Crippen molar-refractivity contribution < 1.29 is 9.53 Å². The minimum atomic E-state index is -0.153. The molecule has 0 heterocycles. The van der Waals surface area contributed by atoms with E-state index in [-0.39, 0.29) is 5.97 Å². The first-order chi connectivity index (χ1) is 6.33. The normalized spacial score (nSPS) is 12.8. The maximum absolute atomic E-state index is 10.8. The van der Waals surface area contributed by atoms with Gasteiger partial charge >= 0.3 is 5.97 Å². The molecule has 13 heavy (non-hydrogen) atoms. The first-order valence-corrected chi connectivity index (χ1v) is 4.27. The van der Waals surface area contributed by atoms with Crippen LogP contribution in [0.1, 0.15) is 19.3 Å². The maximum Gasteiger partial charge on any atom is 0.305 e. The van der Waals surface area contributed by atoms with Crippen molar-refractivity contribution in [3.05, 3.63) is 35.3 Å². The fourth-order valence-corrected chi connectivity index (χ4v) is 1.06. The van der Waals surface area contributed by atoms with Crippen molar-refractivity contribution in [3.8, 4) is 0 Å². The third kappa shape index (κ3) is 3.62. The lowest BCUT2D eigenvalue weighted by molar-refractivity contribution is -0.140. The summed E-state index contributed by atoms with van der Waals surface area (Å²) in [5.41, 5.74) is 6.94. The molecule has 0 radical (unpaired) electrons. The summed E-state index contributed by atoms with van der Waals surface area (Å²) in [6.07, 6.45) is 7.84. The highest BCUT2D eigenvalue weighted by Gasteiger charge is 2.00. The van der Waals surface area contributed by atoms with E-state index in [1.54, 1.807) is 0 Å². The van der Waals surface area contributed by atoms with Crippen molar-refractivity contribution in [2.45, 2.75) is 19.3 Å². The smallest absolute Gasteiger partial charge is 0.305 e. The molecule has 0 atom stereocenters. The molecular weight excluding hydrogens is 164 g/mol. The number of ether oxygens (including phenoxy) is 1. The van der Waals surface area contributed by atoms with E-state index < -0.39 is 0 Å². The summed E-state index contributed by atoms with van der Waals surface area (Å²) in [6, 6.07) is 0. The molecule has 0 fully saturated rings. The number of carbonyl (C=O) groups excluding carboxylic acids is 1. The minimum absolute atomic E-state index is 0.153. The molecule has 0 aromatic carbocycles. The number of methoxy groups -OCH3 is 1. The summed E-state index contributed by atoms with van der Waals surface area (Å²) in [4.78, 5) is 10.8. The molecule has 2 nitrogen and oxygen atoms in total. The summed E-state index contributed by atoms with van der Waals surface area (Å²) in [7, 11) is 1.41. The molecule has 1 aliphatic rings. The van der Waals surface area contributed by atoms with E-state index in [2.05, 4.69) is 16.2 Å². The van der Waals surface area contributed by atoms with Crippen molar-refractivity contribution in [1.29, 1.82) is 0 Å². The van der Waals surface area contributed by atoms with Gasteiger partial charge in [-0.3, -0.25) is 4.79 Å². The van der Waals surface area contributed by atoms with Crippen molar-refractivity contribution in [2.24, 2.45) is 0 Å². The van der Waals surface area contributed by atoms with Crippen molar-refractivity contribution in [3.63, 3.8) is 0 Å². The lowest BCUT2D eigenvalue weighted by atomic mass is 10.1. The predicted molar refractivity (Wildman–Crippen MR) is 50.1 cm³/mol. The molecule has 0 spiro atoms. The van der Waals surface area contributed by atoms with E-state index >= 15 is 0 Å². The summed E-state index contributed by atoms with van der Waals surface area (Å²) < 4.78 is 4.53. The Kier molecular flexibility index (Phi) is 3.84. The Hall–Kier alpha value is -1.49. The number of carbonyl (C=O) groups is 1. The largest absolute Gasteiger partial charge is 0.469 e. The topological polar surface area (TPSA) is 26.3 Å². The van der Waals surface area contributed by atoms with E-state index in [0.717, 1.165) is 18.4 Å². The lowest BCUT2D eigenvalue weighted by Crippen LogP contribution is -1.99. The standard InChI is InChI=1S/C11H12O2/c1-13-11(12)9-5-8-10-6-3-2-4-7-10/h2-3,6H,5,8-9H2,1H3. The Morgan fingerprint density at radius 3 is 3.08 bits per heavy atom. The highest BCUT2D eigenvalue weighted by molar-refractivity contribution is 5.69. The SMILES string of the molecule is COC(=O)CCCC1=C=C=CC=C1. The second kappa shape index (κ2) is 5.21. The van der Waals surface area contributed by atoms with Crippen molar-refractivity contribution >= 4 is 5.97 Å². The van der Waals surface area contributed by atoms with Gasteiger partial charge in [-0.25, -0.2) is 0 Å². The molecule has 1 rings (SSSR count). The predicted octanol–water partition coefficient (Wildman–Crippen LogP) is 2.14. The third-order valence-corrected chi connectivity index (χ3v) is 1.76. The first-order valence-electron chi connectivity index (χ1n) is 4.27. The molecule has 0 saturated heterocycles. The molecule has 2 heteroatoms. The van der Waals surface area contributed by atoms with Gasteiger partial charge in [-0.05, 0) is 18.9 Å². The van der Waals surface area contributed by atoms with Crippen LogP contribution in [0.2, 0.25) is 0 Å². The fourth-order valence-electron chi connectivity index (χ4n) is 1.06. The Labute approximate surface area is 77.9 Å². The number of allylic oxidation sites excluding steroid dienone is 4. The van der Waals surface area contributed by atoms with Crippen molar-refractivity contribution in [1.82, 2.24) is 0 Å². The Morgan fingerprint density at radius 2 is 2.46 bits per heavy atom. The second-order valence-electron chi connectivity index (χ2n) is 2.75. The van der Waals surface area contributed by atoms with Crippen molar-refractivity contribution in [2.75, 3.05) is 7.11 Å². The van der Waals surface area contributed by atoms with Gasteiger partial charge in [0.15, 0.2) is 0 Å². The highest BCUT2D eigenvalue weighted by Crippen LogP contribution is 2.09. The Balaban J connectivity index is 2.28. The van der Waals surface area contributed by atoms with Gasteiger partial charge in [-0.2, -0.15) is 0 Å². The van der Waals surface area contributed by atoms with Crippen LogP contribution in [0.25, 0.3) is 0 Å². The molecule has 0 bridgehead atoms. The number of esters is 1. The Bertz CT molecular complexity index is 311. The fraction of sp³-hybridized carbons (Fsp3) is 0.364. The zero-order valence-corrected chi connectivity index (χ0v) is 7.67. The molecule has 0 saturated carbocycles. The molecule has 0 aliphatic heterocycles. The second-order valence-corrected chi connectivity index (χ2v) is 2.75. The number of hydrogen-bond donors (Lipinski definition) is 0. The molecule has 0 unspecified atom stereocenters. The Morgan fingerprint density at radius 1 is 1.62 bits per heavy atom. The highest BCUT2D eigenvalue weighted by atomic mass is 16.5. The van der Waals surface area contributed by atoms with Crippen LogP contribution in [0, 0.1) is 0 Å². The summed E-state index contributed by atoms with van der Waals surface area (Å²) in [6.45, 7) is 0. The van der Waals surface area contributed by atoms with Crippen LogP contribution in [0.4, 0.5) is 0 Å². The van der Waals surface area contributed by atoms with Crippen LogP contribution in [0.3, 0.4) is 0 Å². The molecule has 0 N–H and O–H groups in total. The van der Waals surface area contributed by atoms with Gasteiger partial charge in [0.05, 0.1) is 7.11 Å². The zero-order valence-electron chi connectivity index (χ0n) is 7.67. The van der Waals surface area contributed by atoms with Crippen LogP contribution >= 0.6 is 0 Å². The van der Waals surface area contributed by atoms with Crippen LogP contribution in [0.15, 0.2) is 35.3 Å². The van der Waals surface area contributed by atoms with Gasteiger partial charge in [0.1, 0.15) is 0 Å². The van der Waals surface area contributed by atoms with Gasteiger partial charge in [-0.15, -0.1) is 0 Å². The summed E-state index contributed by atoms with van der Waals surface area (Å²) >= 11 is 0. The molecule has 0 aromatic rings. The molecule has 0 aromatic heterocycles. The molecule has 1 aliphatic carbocycles. The van der Waals surface area contributed by atoms with Crippen LogP contribution < -0.4 is 0 Å². The zero-order chi connectivity index (χ0) is 9.52. The maximum atomic E-state index is 10.8. The average molecular weight is 176 g/mol. The minimum Gasteiger partial charge on any atom is -0.469 e. The summed E-state index contributed by atoms with van der Waals surface area (Å²) in [5.74, 6) is -0.153. The molecule has 68 valence electrons. The lowest BCUT2D eigenvalue weighted by Gasteiger charge is -1.99. The van der Waals surface area contributed by atoms with Gasteiger partial charge in [-0.1, -0.05) is 23.6 Å². The van der Waals surface area contributed by atoms with E-state index in [1.165, 1.54) is 7.11 Å². The van der Waals surface area contributed by atoms with Gasteiger partial charge in [0.2, 0.25) is 0 Å². The van der Waals surface area contributed by atoms with Gasteiger partial charge < -0.3 is 4.74 Å². The quantitative estimate of drug-likeness (QED) is 0.484. The summed E-state index contributed by atoms with van der Waals surface area (Å²) in [5, 5.41) is 0. The average Bonchev–Trinajstić information content (AvgIpc) is 2.19. The molecular formula is C11H12O2. The first kappa shape index (κ1) is 9.60. The number of hydrogen-bond acceptors (Lipinski definition) is 2. The van der Waals surface area contributed by atoms with Gasteiger partial charge in [0, 0.05) is 12.0 Å². The van der Waals surface area contributed by atoms with E-state index in [9.17, 15) is 4.79 Å². The number of rotatable bonds is 4. The van der Waals surface area contributed by atoms with E-state index in [4.69, 9.17) is 0 Å². The van der Waals surface area contributed by atoms with Crippen LogP contribution in [0.5, 0.6) is 0 Å². The van der Waals surface area contributed by atoms with Crippen LogP contribution in [-0.2, 0) is 9.53 Å². The van der Waals surface area contributed by atoms with E-state index in [0.29, 0.717) is 6.42 Å². The van der Waals surface area contributed by atoms with E-state index in [1.807, 2.05) is 18.2 Å². The molecule has 0 amide bonds. The monoisotopic (exact) mass is 176 g/mol. The van der Waals surface area contributed by atoms with Crippen LogP contribution in [-0.4, -0.2) is 13.1 Å². The third-order valence-electron chi connectivity index (χ3n) is 1.76.